The summed E-state index contributed by atoms with van der Waals surface area (Å²) >= 11 is 0. The minimum Gasteiger partial charge on any atom is -0.379 e. The highest BCUT2D eigenvalue weighted by atomic mass is 16.5. The number of hydrogen-bond acceptors (Lipinski definition) is 3. The van der Waals surface area contributed by atoms with E-state index in [0.717, 1.165) is 25.7 Å². The standard InChI is InChI=1S/C15H24N2O3/c1-9(2)7-12-14(18)16-13(10-3-4-10)15(19)17(12)11-5-6-20-8-11/h9-13H,3-8H2,1-2H3,(H,16,18). The molecule has 2 amide bonds. The molecule has 0 aromatic heterocycles. The second-order valence-electron chi connectivity index (χ2n) is 6.73. The van der Waals surface area contributed by atoms with Crippen LogP contribution in [0.4, 0.5) is 0 Å². The Bertz CT molecular complexity index is 400. The predicted octanol–water partition coefficient (Wildman–Crippen LogP) is 0.927. The van der Waals surface area contributed by atoms with Crippen LogP contribution in [0.5, 0.6) is 0 Å². The van der Waals surface area contributed by atoms with E-state index in [1.807, 2.05) is 4.90 Å². The number of rotatable bonds is 4. The summed E-state index contributed by atoms with van der Waals surface area (Å²) in [7, 11) is 0. The zero-order chi connectivity index (χ0) is 14.3. The minimum atomic E-state index is -0.316. The maximum Gasteiger partial charge on any atom is 0.246 e. The summed E-state index contributed by atoms with van der Waals surface area (Å²) in [6.45, 7) is 5.45. The van der Waals surface area contributed by atoms with Crippen LogP contribution in [0.2, 0.25) is 0 Å². The smallest absolute Gasteiger partial charge is 0.246 e. The molecule has 3 fully saturated rings. The Morgan fingerprint density at radius 3 is 2.60 bits per heavy atom. The molecule has 1 aliphatic carbocycles. The second-order valence-corrected chi connectivity index (χ2v) is 6.73. The Kier molecular flexibility index (Phi) is 3.71. The fourth-order valence-corrected chi connectivity index (χ4v) is 3.34. The van der Waals surface area contributed by atoms with E-state index >= 15 is 0 Å². The molecule has 0 bridgehead atoms. The van der Waals surface area contributed by atoms with Crippen LogP contribution < -0.4 is 5.32 Å². The molecule has 3 aliphatic rings. The number of ether oxygens (including phenoxy) is 1. The molecule has 20 heavy (non-hydrogen) atoms. The molecule has 0 aromatic rings. The molecule has 5 nitrogen and oxygen atoms in total. The molecule has 0 aromatic carbocycles. The Balaban J connectivity index is 1.83. The van der Waals surface area contributed by atoms with Gasteiger partial charge in [-0.2, -0.15) is 0 Å². The highest BCUT2D eigenvalue weighted by Gasteiger charge is 2.49. The van der Waals surface area contributed by atoms with Gasteiger partial charge < -0.3 is 15.0 Å². The fraction of sp³-hybridized carbons (Fsp3) is 0.867. The molecule has 2 heterocycles. The summed E-state index contributed by atoms with van der Waals surface area (Å²) in [5, 5.41) is 2.97. The van der Waals surface area contributed by atoms with Gasteiger partial charge in [-0.25, -0.2) is 0 Å². The van der Waals surface area contributed by atoms with Crippen LogP contribution in [0.1, 0.15) is 39.5 Å². The summed E-state index contributed by atoms with van der Waals surface area (Å²) in [6.07, 6.45) is 3.69. The van der Waals surface area contributed by atoms with Crippen LogP contribution in [-0.2, 0) is 14.3 Å². The molecule has 0 radical (unpaired) electrons. The molecular formula is C15H24N2O3. The predicted molar refractivity (Wildman–Crippen MR) is 74.0 cm³/mol. The average molecular weight is 280 g/mol. The number of piperazine rings is 1. The van der Waals surface area contributed by atoms with Gasteiger partial charge in [0.15, 0.2) is 0 Å². The Morgan fingerprint density at radius 2 is 2.05 bits per heavy atom. The van der Waals surface area contributed by atoms with Crippen LogP contribution in [0.15, 0.2) is 0 Å². The lowest BCUT2D eigenvalue weighted by atomic mass is 9.94. The molecule has 2 saturated heterocycles. The first-order valence-corrected chi connectivity index (χ1v) is 7.78. The highest BCUT2D eigenvalue weighted by molar-refractivity contribution is 5.97. The third kappa shape index (κ3) is 2.55. The maximum atomic E-state index is 12.8. The molecule has 3 unspecified atom stereocenters. The van der Waals surface area contributed by atoms with Gasteiger partial charge in [0, 0.05) is 6.61 Å². The summed E-state index contributed by atoms with van der Waals surface area (Å²) in [6, 6.07) is -0.519. The Morgan fingerprint density at radius 1 is 1.30 bits per heavy atom. The van der Waals surface area contributed by atoms with Gasteiger partial charge in [0.05, 0.1) is 12.6 Å². The topological polar surface area (TPSA) is 58.6 Å². The van der Waals surface area contributed by atoms with Crippen molar-refractivity contribution in [1.82, 2.24) is 10.2 Å². The van der Waals surface area contributed by atoms with Crippen molar-refractivity contribution in [2.75, 3.05) is 13.2 Å². The van der Waals surface area contributed by atoms with Crippen molar-refractivity contribution in [1.29, 1.82) is 0 Å². The van der Waals surface area contributed by atoms with Crippen molar-refractivity contribution in [3.05, 3.63) is 0 Å². The van der Waals surface area contributed by atoms with E-state index < -0.39 is 0 Å². The SMILES string of the molecule is CC(C)CC1C(=O)NC(C2CC2)C(=O)N1C1CCOC1. The first-order chi connectivity index (χ1) is 9.58. The van der Waals surface area contributed by atoms with Crippen LogP contribution >= 0.6 is 0 Å². The molecule has 5 heteroatoms. The number of hydrogen-bond donors (Lipinski definition) is 1. The van der Waals surface area contributed by atoms with E-state index in [-0.39, 0.29) is 29.9 Å². The molecule has 1 N–H and O–H groups in total. The van der Waals surface area contributed by atoms with Crippen LogP contribution in [0, 0.1) is 11.8 Å². The monoisotopic (exact) mass is 280 g/mol. The van der Waals surface area contributed by atoms with E-state index in [4.69, 9.17) is 4.74 Å². The average Bonchev–Trinajstić information content (AvgIpc) is 3.09. The molecule has 1 saturated carbocycles. The van der Waals surface area contributed by atoms with E-state index in [0.29, 0.717) is 25.0 Å². The van der Waals surface area contributed by atoms with Gasteiger partial charge in [-0.1, -0.05) is 13.8 Å². The van der Waals surface area contributed by atoms with Crippen molar-refractivity contribution < 1.29 is 14.3 Å². The third-order valence-corrected chi connectivity index (χ3v) is 4.54. The lowest BCUT2D eigenvalue weighted by Gasteiger charge is -2.42. The van der Waals surface area contributed by atoms with E-state index in [1.54, 1.807) is 0 Å². The van der Waals surface area contributed by atoms with Crippen molar-refractivity contribution in [3.63, 3.8) is 0 Å². The zero-order valence-corrected chi connectivity index (χ0v) is 12.3. The Hall–Kier alpha value is -1.10. The number of amides is 2. The first kappa shape index (κ1) is 13.9. The van der Waals surface area contributed by atoms with Gasteiger partial charge in [-0.3, -0.25) is 9.59 Å². The largest absolute Gasteiger partial charge is 0.379 e. The van der Waals surface area contributed by atoms with Crippen LogP contribution in [-0.4, -0.2) is 48.1 Å². The van der Waals surface area contributed by atoms with Crippen molar-refractivity contribution in [3.8, 4) is 0 Å². The Labute approximate surface area is 120 Å². The van der Waals surface area contributed by atoms with E-state index in [9.17, 15) is 9.59 Å². The van der Waals surface area contributed by atoms with Crippen molar-refractivity contribution in [2.45, 2.75) is 57.7 Å². The molecule has 3 rings (SSSR count). The number of carbonyl (C=O) groups is 2. The van der Waals surface area contributed by atoms with Gasteiger partial charge >= 0.3 is 0 Å². The zero-order valence-electron chi connectivity index (χ0n) is 12.3. The quantitative estimate of drug-likeness (QED) is 0.833. The lowest BCUT2D eigenvalue weighted by Crippen LogP contribution is -2.66. The molecule has 3 atom stereocenters. The molecule has 2 aliphatic heterocycles. The normalized spacial score (nSPS) is 34.8. The molecule has 112 valence electrons. The van der Waals surface area contributed by atoms with E-state index in [2.05, 4.69) is 19.2 Å². The van der Waals surface area contributed by atoms with Gasteiger partial charge in [0.2, 0.25) is 11.8 Å². The van der Waals surface area contributed by atoms with Crippen molar-refractivity contribution >= 4 is 11.8 Å². The third-order valence-electron chi connectivity index (χ3n) is 4.54. The highest BCUT2D eigenvalue weighted by Crippen LogP contribution is 2.36. The number of carbonyl (C=O) groups excluding carboxylic acids is 2. The summed E-state index contributed by atoms with van der Waals surface area (Å²) in [4.78, 5) is 27.1. The first-order valence-electron chi connectivity index (χ1n) is 7.78. The number of nitrogens with one attached hydrogen (secondary N) is 1. The van der Waals surface area contributed by atoms with E-state index in [1.165, 1.54) is 0 Å². The van der Waals surface area contributed by atoms with Gasteiger partial charge in [-0.15, -0.1) is 0 Å². The molecular weight excluding hydrogens is 256 g/mol. The minimum absolute atomic E-state index is 0.0297. The summed E-state index contributed by atoms with van der Waals surface area (Å²) in [5.74, 6) is 0.896. The van der Waals surface area contributed by atoms with Gasteiger partial charge in [0.25, 0.3) is 0 Å². The van der Waals surface area contributed by atoms with Crippen molar-refractivity contribution in [2.24, 2.45) is 11.8 Å². The maximum absolute atomic E-state index is 12.8. The van der Waals surface area contributed by atoms with Gasteiger partial charge in [-0.05, 0) is 37.5 Å². The molecule has 0 spiro atoms. The summed E-state index contributed by atoms with van der Waals surface area (Å²) in [5.41, 5.74) is 0. The lowest BCUT2D eigenvalue weighted by molar-refractivity contribution is -0.153. The van der Waals surface area contributed by atoms with Crippen LogP contribution in [0.3, 0.4) is 0 Å². The second kappa shape index (κ2) is 5.35. The fourth-order valence-electron chi connectivity index (χ4n) is 3.34. The van der Waals surface area contributed by atoms with Gasteiger partial charge in [0.1, 0.15) is 12.1 Å². The van der Waals surface area contributed by atoms with Crippen LogP contribution in [0.25, 0.3) is 0 Å². The number of nitrogens with zero attached hydrogens (tertiary/aromatic N) is 1. The summed E-state index contributed by atoms with van der Waals surface area (Å²) < 4.78 is 5.43.